The molecule has 0 saturated carbocycles. The molecular formula is C9H19N3O. The molecule has 0 unspecified atom stereocenters. The average molecular weight is 185 g/mol. The molecule has 1 rings (SSSR count). The number of carbonyl (C=O) groups excluding carboxylic acids is 1. The maximum absolute atomic E-state index is 11.7. The van der Waals surface area contributed by atoms with E-state index in [1.54, 1.807) is 4.90 Å². The summed E-state index contributed by atoms with van der Waals surface area (Å²) in [4.78, 5) is 15.5. The molecule has 0 radical (unpaired) electrons. The predicted octanol–water partition coefficient (Wildman–Crippen LogP) is -0.774. The number of likely N-dealkylation sites (N-methyl/N-ethyl adjacent to an activating group) is 1. The number of amides is 1. The molecule has 1 heterocycles. The van der Waals surface area contributed by atoms with Crippen molar-refractivity contribution in [2.75, 3.05) is 47.3 Å². The van der Waals surface area contributed by atoms with Gasteiger partial charge in [-0.15, -0.1) is 0 Å². The first-order chi connectivity index (χ1) is 6.11. The zero-order valence-corrected chi connectivity index (χ0v) is 8.71. The highest BCUT2D eigenvalue weighted by atomic mass is 16.2. The average Bonchev–Trinajstić information content (AvgIpc) is 2.28. The number of nitrogens with one attached hydrogen (secondary N) is 1. The molecule has 0 aromatic heterocycles. The monoisotopic (exact) mass is 185 g/mol. The van der Waals surface area contributed by atoms with E-state index >= 15 is 0 Å². The lowest BCUT2D eigenvalue weighted by molar-refractivity contribution is -0.133. The van der Waals surface area contributed by atoms with Gasteiger partial charge in [0.25, 0.3) is 0 Å². The molecule has 1 amide bonds. The molecule has 0 aromatic rings. The second kappa shape index (κ2) is 4.58. The van der Waals surface area contributed by atoms with E-state index in [9.17, 15) is 4.79 Å². The van der Waals surface area contributed by atoms with Crippen LogP contribution >= 0.6 is 0 Å². The van der Waals surface area contributed by atoms with Crippen LogP contribution in [0.2, 0.25) is 0 Å². The van der Waals surface area contributed by atoms with Crippen LogP contribution in [0.4, 0.5) is 0 Å². The highest BCUT2D eigenvalue weighted by Crippen LogP contribution is 2.04. The third-order valence-electron chi connectivity index (χ3n) is 2.38. The summed E-state index contributed by atoms with van der Waals surface area (Å²) in [5.41, 5.74) is 0. The van der Waals surface area contributed by atoms with E-state index < -0.39 is 0 Å². The molecule has 13 heavy (non-hydrogen) atoms. The lowest BCUT2D eigenvalue weighted by Gasteiger charge is -2.21. The Hall–Kier alpha value is -0.610. The molecule has 76 valence electrons. The van der Waals surface area contributed by atoms with Crippen LogP contribution in [0.3, 0.4) is 0 Å². The van der Waals surface area contributed by atoms with Gasteiger partial charge in [0.05, 0.1) is 5.92 Å². The molecule has 0 bridgehead atoms. The summed E-state index contributed by atoms with van der Waals surface area (Å²) in [6.07, 6.45) is 0. The molecular weight excluding hydrogens is 166 g/mol. The quantitative estimate of drug-likeness (QED) is 0.582. The van der Waals surface area contributed by atoms with Gasteiger partial charge in [0.2, 0.25) is 5.91 Å². The van der Waals surface area contributed by atoms with Crippen molar-refractivity contribution in [3.05, 3.63) is 0 Å². The number of hydrogen-bond acceptors (Lipinski definition) is 3. The molecule has 1 atom stereocenters. The van der Waals surface area contributed by atoms with E-state index in [2.05, 4.69) is 17.3 Å². The van der Waals surface area contributed by atoms with Crippen molar-refractivity contribution in [3.63, 3.8) is 0 Å². The van der Waals surface area contributed by atoms with E-state index in [0.717, 1.165) is 26.2 Å². The van der Waals surface area contributed by atoms with Crippen LogP contribution in [0.1, 0.15) is 0 Å². The minimum absolute atomic E-state index is 0.113. The summed E-state index contributed by atoms with van der Waals surface area (Å²) in [5.74, 6) is 0.337. The molecule has 0 aliphatic carbocycles. The summed E-state index contributed by atoms with van der Waals surface area (Å²) < 4.78 is 0. The van der Waals surface area contributed by atoms with Crippen LogP contribution < -0.4 is 5.32 Å². The van der Waals surface area contributed by atoms with Gasteiger partial charge in [-0.2, -0.15) is 0 Å². The van der Waals surface area contributed by atoms with Gasteiger partial charge in [-0.3, -0.25) is 4.79 Å². The van der Waals surface area contributed by atoms with E-state index in [1.807, 2.05) is 14.1 Å². The first-order valence-electron chi connectivity index (χ1n) is 4.71. The Labute approximate surface area is 79.9 Å². The fourth-order valence-corrected chi connectivity index (χ4v) is 1.61. The second-order valence-corrected chi connectivity index (χ2v) is 3.90. The normalized spacial score (nSPS) is 25.3. The third kappa shape index (κ3) is 2.97. The van der Waals surface area contributed by atoms with Crippen molar-refractivity contribution in [1.29, 1.82) is 0 Å². The first-order valence-corrected chi connectivity index (χ1v) is 4.71. The van der Waals surface area contributed by atoms with Crippen LogP contribution in [0, 0.1) is 5.92 Å². The van der Waals surface area contributed by atoms with E-state index in [1.165, 1.54) is 0 Å². The van der Waals surface area contributed by atoms with Gasteiger partial charge in [-0.05, 0) is 7.05 Å². The zero-order chi connectivity index (χ0) is 9.84. The summed E-state index contributed by atoms with van der Waals surface area (Å²) in [6, 6.07) is 0. The fourth-order valence-electron chi connectivity index (χ4n) is 1.61. The van der Waals surface area contributed by atoms with Crippen LogP contribution in [0.15, 0.2) is 0 Å². The van der Waals surface area contributed by atoms with Crippen LogP contribution in [-0.4, -0.2) is 63.0 Å². The smallest absolute Gasteiger partial charge is 0.227 e. The van der Waals surface area contributed by atoms with Crippen molar-refractivity contribution >= 4 is 5.91 Å². The summed E-state index contributed by atoms with van der Waals surface area (Å²) in [6.45, 7) is 3.68. The van der Waals surface area contributed by atoms with Gasteiger partial charge in [0.1, 0.15) is 0 Å². The largest absolute Gasteiger partial charge is 0.348 e. The Balaban J connectivity index is 2.52. The topological polar surface area (TPSA) is 35.6 Å². The molecule has 1 aliphatic rings. The van der Waals surface area contributed by atoms with E-state index in [4.69, 9.17) is 0 Å². The minimum Gasteiger partial charge on any atom is -0.348 e. The van der Waals surface area contributed by atoms with Gasteiger partial charge in [-0.1, -0.05) is 0 Å². The minimum atomic E-state index is 0.113. The van der Waals surface area contributed by atoms with Crippen molar-refractivity contribution in [1.82, 2.24) is 15.1 Å². The fraction of sp³-hybridized carbons (Fsp3) is 0.889. The summed E-state index contributed by atoms with van der Waals surface area (Å²) in [7, 11) is 5.68. The molecule has 4 heteroatoms. The van der Waals surface area contributed by atoms with Crippen molar-refractivity contribution in [3.8, 4) is 0 Å². The number of hydrogen-bond donors (Lipinski definition) is 1. The lowest BCUT2D eigenvalue weighted by Crippen LogP contribution is -2.38. The van der Waals surface area contributed by atoms with Gasteiger partial charge in [0, 0.05) is 40.3 Å². The van der Waals surface area contributed by atoms with Crippen molar-refractivity contribution in [2.45, 2.75) is 0 Å². The number of rotatable bonds is 1. The maximum Gasteiger partial charge on any atom is 0.227 e. The SMILES string of the molecule is CN1CCNC[C@H](C(=O)N(C)C)C1. The number of nitrogens with zero attached hydrogens (tertiary/aromatic N) is 2. The maximum atomic E-state index is 11.7. The molecule has 0 spiro atoms. The number of carbonyl (C=O) groups is 1. The Morgan fingerprint density at radius 1 is 1.54 bits per heavy atom. The predicted molar refractivity (Wildman–Crippen MR) is 52.6 cm³/mol. The molecule has 1 N–H and O–H groups in total. The van der Waals surface area contributed by atoms with Crippen LogP contribution in [-0.2, 0) is 4.79 Å². The lowest BCUT2D eigenvalue weighted by atomic mass is 10.1. The zero-order valence-electron chi connectivity index (χ0n) is 8.71. The second-order valence-electron chi connectivity index (χ2n) is 3.90. The van der Waals surface area contributed by atoms with Crippen LogP contribution in [0.25, 0.3) is 0 Å². The van der Waals surface area contributed by atoms with Gasteiger partial charge in [-0.25, -0.2) is 0 Å². The Morgan fingerprint density at radius 3 is 2.85 bits per heavy atom. The summed E-state index contributed by atoms with van der Waals surface area (Å²) >= 11 is 0. The van der Waals surface area contributed by atoms with Gasteiger partial charge >= 0.3 is 0 Å². The molecule has 1 saturated heterocycles. The first kappa shape index (κ1) is 10.5. The molecule has 4 nitrogen and oxygen atoms in total. The van der Waals surface area contributed by atoms with E-state index in [-0.39, 0.29) is 11.8 Å². The van der Waals surface area contributed by atoms with E-state index in [0.29, 0.717) is 0 Å². The summed E-state index contributed by atoms with van der Waals surface area (Å²) in [5, 5.41) is 3.27. The Morgan fingerprint density at radius 2 is 2.23 bits per heavy atom. The third-order valence-corrected chi connectivity index (χ3v) is 2.38. The van der Waals surface area contributed by atoms with Crippen LogP contribution in [0.5, 0.6) is 0 Å². The highest BCUT2D eigenvalue weighted by molar-refractivity contribution is 5.78. The van der Waals surface area contributed by atoms with Crippen molar-refractivity contribution in [2.24, 2.45) is 5.92 Å². The highest BCUT2D eigenvalue weighted by Gasteiger charge is 2.23. The van der Waals surface area contributed by atoms with Gasteiger partial charge in [0.15, 0.2) is 0 Å². The standard InChI is InChI=1S/C9H19N3O/c1-11(2)9(13)8-6-10-4-5-12(3)7-8/h8,10H,4-7H2,1-3H3/t8-/m0/s1. The molecule has 1 aliphatic heterocycles. The van der Waals surface area contributed by atoms with Crippen molar-refractivity contribution < 1.29 is 4.79 Å². The molecule has 0 aromatic carbocycles. The Kier molecular flexibility index (Phi) is 3.69. The van der Waals surface area contributed by atoms with Gasteiger partial charge < -0.3 is 15.1 Å². The molecule has 1 fully saturated rings. The Bertz CT molecular complexity index is 182.